The number of carbonyl (C=O) groups excluding carboxylic acids is 1. The molecule has 1 heterocycles. The van der Waals surface area contributed by atoms with E-state index in [2.05, 4.69) is 14.5 Å². The highest BCUT2D eigenvalue weighted by molar-refractivity contribution is 7.88. The maximum atomic E-state index is 14.0. The molecule has 7 nitrogen and oxygen atoms in total. The molecular weight excluding hydrogens is 667 g/mol. The van der Waals surface area contributed by atoms with Gasteiger partial charge >= 0.3 is 6.18 Å². The van der Waals surface area contributed by atoms with Crippen LogP contribution in [-0.2, 0) is 22.6 Å². The van der Waals surface area contributed by atoms with Crippen molar-refractivity contribution in [2.75, 3.05) is 64.0 Å². The van der Waals surface area contributed by atoms with Crippen LogP contribution in [0.2, 0.25) is 10.0 Å². The Balaban J connectivity index is 1.42. The van der Waals surface area contributed by atoms with Crippen LogP contribution in [0.15, 0.2) is 60.7 Å². The second-order valence-electron chi connectivity index (χ2n) is 11.4. The third-order valence-corrected chi connectivity index (χ3v) is 9.45. The standard InChI is InChI=1S/C32H36Cl2F4N4O3S/c1-40(31(43)25-17-26(32(36,37)38)20-27(35)18-25)21-24(23-7-8-28(33)29(34)19-23)10-12-41-13-15-42(16-14-41)30-6-4-3-5-22(30)9-11-39-46(2,44)45/h3-8,17-20,24,39H,9-16,21H2,1-2H3/t24-/m1/s1. The fourth-order valence-corrected chi connectivity index (χ4v) is 6.37. The van der Waals surface area contributed by atoms with Crippen molar-refractivity contribution in [2.24, 2.45) is 0 Å². The quantitative estimate of drug-likeness (QED) is 0.224. The fraction of sp³-hybridized carbons (Fsp3) is 0.406. The Labute approximate surface area is 277 Å². The first kappa shape index (κ1) is 35.9. The van der Waals surface area contributed by atoms with Crippen molar-refractivity contribution in [1.82, 2.24) is 14.5 Å². The summed E-state index contributed by atoms with van der Waals surface area (Å²) in [5, 5.41) is 0.716. The summed E-state index contributed by atoms with van der Waals surface area (Å²) in [5.41, 5.74) is 1.33. The van der Waals surface area contributed by atoms with Crippen molar-refractivity contribution >= 4 is 44.8 Å². The van der Waals surface area contributed by atoms with Gasteiger partial charge in [0, 0.05) is 63.5 Å². The van der Waals surface area contributed by atoms with E-state index in [1.807, 2.05) is 30.3 Å². The van der Waals surface area contributed by atoms with Crippen molar-refractivity contribution in [3.05, 3.63) is 98.8 Å². The minimum absolute atomic E-state index is 0.156. The first-order valence-corrected chi connectivity index (χ1v) is 17.3. The molecule has 0 bridgehead atoms. The molecule has 0 saturated carbocycles. The van der Waals surface area contributed by atoms with Crippen molar-refractivity contribution in [1.29, 1.82) is 0 Å². The van der Waals surface area contributed by atoms with E-state index in [4.69, 9.17) is 23.2 Å². The molecule has 1 amide bonds. The van der Waals surface area contributed by atoms with E-state index in [1.54, 1.807) is 12.1 Å². The van der Waals surface area contributed by atoms with Gasteiger partial charge in [0.2, 0.25) is 10.0 Å². The number of halogens is 6. The number of hydrogen-bond donors (Lipinski definition) is 1. The summed E-state index contributed by atoms with van der Waals surface area (Å²) in [6.07, 6.45) is -2.48. The highest BCUT2D eigenvalue weighted by Crippen LogP contribution is 2.32. The second kappa shape index (κ2) is 15.3. The molecule has 3 aromatic carbocycles. The first-order chi connectivity index (χ1) is 21.6. The summed E-state index contributed by atoms with van der Waals surface area (Å²) in [6.45, 7) is 4.19. The Hall–Kier alpha value is -2.90. The van der Waals surface area contributed by atoms with Crippen LogP contribution in [0, 0.1) is 5.82 Å². The summed E-state index contributed by atoms with van der Waals surface area (Å²) in [4.78, 5) is 19.1. The van der Waals surface area contributed by atoms with Gasteiger partial charge < -0.3 is 9.80 Å². The Bertz CT molecular complexity index is 1630. The number of anilines is 1. The molecule has 46 heavy (non-hydrogen) atoms. The van der Waals surface area contributed by atoms with Gasteiger partial charge in [0.1, 0.15) is 5.82 Å². The molecular formula is C32H36Cl2F4N4O3S. The monoisotopic (exact) mass is 702 g/mol. The van der Waals surface area contributed by atoms with Crippen molar-refractivity contribution < 1.29 is 30.8 Å². The number of sulfonamides is 1. The van der Waals surface area contributed by atoms with Gasteiger partial charge in [-0.3, -0.25) is 9.69 Å². The zero-order valence-corrected chi connectivity index (χ0v) is 27.8. The fourth-order valence-electron chi connectivity index (χ4n) is 5.59. The molecule has 0 spiro atoms. The SMILES string of the molecule is CN(C[C@@H](CCN1CCN(c2ccccc2CCNS(C)(=O)=O)CC1)c1ccc(Cl)c(Cl)c1)C(=O)c1cc(F)cc(C(F)(F)F)c1. The van der Waals surface area contributed by atoms with Crippen LogP contribution in [-0.4, -0.2) is 83.2 Å². The topological polar surface area (TPSA) is 73.0 Å². The molecule has 1 atom stereocenters. The van der Waals surface area contributed by atoms with Crippen molar-refractivity contribution in [3.8, 4) is 0 Å². The number of para-hydroxylation sites is 1. The minimum Gasteiger partial charge on any atom is -0.369 e. The highest BCUT2D eigenvalue weighted by atomic mass is 35.5. The zero-order chi connectivity index (χ0) is 33.6. The van der Waals surface area contributed by atoms with Crippen LogP contribution < -0.4 is 9.62 Å². The molecule has 250 valence electrons. The number of nitrogens with zero attached hydrogens (tertiary/aromatic N) is 3. The van der Waals surface area contributed by atoms with Gasteiger partial charge in [0.15, 0.2) is 0 Å². The van der Waals surface area contributed by atoms with E-state index in [0.29, 0.717) is 48.1 Å². The highest BCUT2D eigenvalue weighted by Gasteiger charge is 2.32. The van der Waals surface area contributed by atoms with E-state index in [-0.39, 0.29) is 18.0 Å². The second-order valence-corrected chi connectivity index (χ2v) is 14.1. The summed E-state index contributed by atoms with van der Waals surface area (Å²) in [6, 6.07) is 15.0. The molecule has 1 N–H and O–H groups in total. The lowest BCUT2D eigenvalue weighted by Crippen LogP contribution is -2.47. The van der Waals surface area contributed by atoms with E-state index in [0.717, 1.165) is 55.3 Å². The largest absolute Gasteiger partial charge is 0.416 e. The molecule has 1 aliphatic heterocycles. The number of amides is 1. The van der Waals surface area contributed by atoms with Gasteiger partial charge in [-0.05, 0) is 66.9 Å². The summed E-state index contributed by atoms with van der Waals surface area (Å²) < 4.78 is 79.4. The van der Waals surface area contributed by atoms with Gasteiger partial charge in [-0.25, -0.2) is 17.5 Å². The number of carbonyl (C=O) groups is 1. The van der Waals surface area contributed by atoms with E-state index >= 15 is 0 Å². The van der Waals surface area contributed by atoms with E-state index in [1.165, 1.54) is 11.9 Å². The normalized spacial score (nSPS) is 15.2. The van der Waals surface area contributed by atoms with E-state index < -0.39 is 33.5 Å². The van der Waals surface area contributed by atoms with Crippen LogP contribution >= 0.6 is 23.2 Å². The Morgan fingerprint density at radius 3 is 2.35 bits per heavy atom. The molecule has 1 aliphatic rings. The summed E-state index contributed by atoms with van der Waals surface area (Å²) in [7, 11) is -1.80. The zero-order valence-electron chi connectivity index (χ0n) is 25.5. The molecule has 1 saturated heterocycles. The van der Waals surface area contributed by atoms with E-state index in [9.17, 15) is 30.8 Å². The smallest absolute Gasteiger partial charge is 0.369 e. The van der Waals surface area contributed by atoms with Gasteiger partial charge in [-0.15, -0.1) is 0 Å². The predicted molar refractivity (Wildman–Crippen MR) is 174 cm³/mol. The minimum atomic E-state index is -4.79. The number of benzene rings is 3. The van der Waals surface area contributed by atoms with Crippen LogP contribution in [0.4, 0.5) is 23.2 Å². The van der Waals surface area contributed by atoms with Crippen LogP contribution in [0.3, 0.4) is 0 Å². The van der Waals surface area contributed by atoms with Gasteiger partial charge in [0.25, 0.3) is 5.91 Å². The Morgan fingerprint density at radius 1 is 1.00 bits per heavy atom. The van der Waals surface area contributed by atoms with Gasteiger partial charge in [0.05, 0.1) is 21.9 Å². The van der Waals surface area contributed by atoms with Gasteiger partial charge in [-0.1, -0.05) is 47.5 Å². The lowest BCUT2D eigenvalue weighted by Gasteiger charge is -2.38. The van der Waals surface area contributed by atoms with Crippen LogP contribution in [0.5, 0.6) is 0 Å². The molecule has 4 rings (SSSR count). The molecule has 0 aliphatic carbocycles. The molecule has 14 heteroatoms. The van der Waals surface area contributed by atoms with Crippen molar-refractivity contribution in [2.45, 2.75) is 24.9 Å². The maximum Gasteiger partial charge on any atom is 0.416 e. The van der Waals surface area contributed by atoms with Crippen LogP contribution in [0.25, 0.3) is 0 Å². The average Bonchev–Trinajstić information content (AvgIpc) is 2.99. The summed E-state index contributed by atoms with van der Waals surface area (Å²) >= 11 is 12.5. The number of nitrogens with one attached hydrogen (secondary N) is 1. The number of piperazine rings is 1. The Kier molecular flexibility index (Phi) is 12.0. The Morgan fingerprint density at radius 2 is 1.70 bits per heavy atom. The van der Waals surface area contributed by atoms with Crippen LogP contribution in [0.1, 0.15) is 39.4 Å². The van der Waals surface area contributed by atoms with Gasteiger partial charge in [-0.2, -0.15) is 13.2 Å². The lowest BCUT2D eigenvalue weighted by atomic mass is 9.94. The molecule has 3 aromatic rings. The first-order valence-electron chi connectivity index (χ1n) is 14.7. The molecule has 0 unspecified atom stereocenters. The predicted octanol–water partition coefficient (Wildman–Crippen LogP) is 6.31. The molecule has 0 aromatic heterocycles. The summed E-state index contributed by atoms with van der Waals surface area (Å²) in [5.74, 6) is -2.10. The molecule has 1 fully saturated rings. The van der Waals surface area contributed by atoms with Crippen molar-refractivity contribution in [3.63, 3.8) is 0 Å². The maximum absolute atomic E-state index is 14.0. The third kappa shape index (κ3) is 10.0. The number of hydrogen-bond acceptors (Lipinski definition) is 5. The molecule has 0 radical (unpaired) electrons. The third-order valence-electron chi connectivity index (χ3n) is 7.99. The lowest BCUT2D eigenvalue weighted by molar-refractivity contribution is -0.137. The number of alkyl halides is 3. The number of rotatable bonds is 12. The average molecular weight is 704 g/mol. The number of likely N-dealkylation sites (N-methyl/N-ethyl adjacent to an activating group) is 1.